The molecule has 0 amide bonds. The zero-order valence-electron chi connectivity index (χ0n) is 11.2. The van der Waals surface area contributed by atoms with E-state index in [0.717, 1.165) is 38.3 Å². The minimum atomic E-state index is 0.208. The second-order valence-electron chi connectivity index (χ2n) is 5.12. The van der Waals surface area contributed by atoms with E-state index in [1.807, 2.05) is 0 Å². The van der Waals surface area contributed by atoms with Crippen LogP contribution in [-0.4, -0.2) is 28.4 Å². The molecule has 1 aliphatic rings. The maximum atomic E-state index is 6.41. The van der Waals surface area contributed by atoms with Gasteiger partial charge in [0.2, 0.25) is 0 Å². The van der Waals surface area contributed by atoms with Crippen molar-refractivity contribution in [2.24, 2.45) is 5.92 Å². The Balaban J connectivity index is 1.92. The molecule has 19 heavy (non-hydrogen) atoms. The fraction of sp³-hybridized carbons (Fsp3) is 0.533. The van der Waals surface area contributed by atoms with Crippen LogP contribution in [0, 0.1) is 5.92 Å². The normalized spacial score (nSPS) is 23.9. The highest BCUT2D eigenvalue weighted by molar-refractivity contribution is 6.20. The van der Waals surface area contributed by atoms with Gasteiger partial charge in [0.1, 0.15) is 0 Å². The number of nitrogens with zero attached hydrogens (tertiary/aromatic N) is 2. The maximum absolute atomic E-state index is 6.41. The predicted molar refractivity (Wildman–Crippen MR) is 77.7 cm³/mol. The maximum Gasteiger partial charge on any atom is 0.0707 e. The van der Waals surface area contributed by atoms with Gasteiger partial charge in [-0.3, -0.25) is 4.68 Å². The largest absolute Gasteiger partial charge is 0.381 e. The Kier molecular flexibility index (Phi) is 3.76. The highest BCUT2D eigenvalue weighted by Crippen LogP contribution is 2.27. The molecule has 2 unspecified atom stereocenters. The van der Waals surface area contributed by atoms with Crippen molar-refractivity contribution in [3.63, 3.8) is 0 Å². The Labute approximate surface area is 118 Å². The molecule has 1 aromatic carbocycles. The second kappa shape index (κ2) is 5.51. The van der Waals surface area contributed by atoms with Crippen LogP contribution in [0.5, 0.6) is 0 Å². The van der Waals surface area contributed by atoms with Crippen molar-refractivity contribution in [3.8, 4) is 0 Å². The van der Waals surface area contributed by atoms with Gasteiger partial charge in [-0.2, -0.15) is 5.10 Å². The minimum Gasteiger partial charge on any atom is -0.381 e. The van der Waals surface area contributed by atoms with Gasteiger partial charge in [-0.1, -0.05) is 18.2 Å². The first-order valence-electron chi connectivity index (χ1n) is 6.96. The lowest BCUT2D eigenvalue weighted by molar-refractivity contribution is 0.0575. The quantitative estimate of drug-likeness (QED) is 0.806. The van der Waals surface area contributed by atoms with Crippen molar-refractivity contribution in [2.45, 2.75) is 31.7 Å². The Morgan fingerprint density at radius 2 is 2.26 bits per heavy atom. The fourth-order valence-corrected chi connectivity index (χ4v) is 3.04. The van der Waals surface area contributed by atoms with Gasteiger partial charge in [0.25, 0.3) is 0 Å². The molecule has 2 atom stereocenters. The van der Waals surface area contributed by atoms with Crippen LogP contribution in [0.15, 0.2) is 24.3 Å². The lowest BCUT2D eigenvalue weighted by atomic mass is 9.95. The average molecular weight is 279 g/mol. The van der Waals surface area contributed by atoms with Gasteiger partial charge in [0.15, 0.2) is 0 Å². The van der Waals surface area contributed by atoms with Gasteiger partial charge in [0, 0.05) is 29.8 Å². The van der Waals surface area contributed by atoms with Crippen LogP contribution in [-0.2, 0) is 17.7 Å². The number of halogens is 1. The molecule has 0 radical (unpaired) electrons. The number of hydrogen-bond acceptors (Lipinski definition) is 2. The first-order chi connectivity index (χ1) is 9.29. The lowest BCUT2D eigenvalue weighted by Gasteiger charge is -2.26. The van der Waals surface area contributed by atoms with Crippen LogP contribution in [0.25, 0.3) is 10.9 Å². The van der Waals surface area contributed by atoms with Gasteiger partial charge in [0.05, 0.1) is 17.8 Å². The van der Waals surface area contributed by atoms with E-state index in [9.17, 15) is 0 Å². The average Bonchev–Trinajstić information content (AvgIpc) is 2.80. The molecule has 3 rings (SSSR count). The van der Waals surface area contributed by atoms with E-state index >= 15 is 0 Å². The molecule has 1 fully saturated rings. The van der Waals surface area contributed by atoms with E-state index < -0.39 is 0 Å². The van der Waals surface area contributed by atoms with Crippen LogP contribution in [0.2, 0.25) is 0 Å². The number of hydrogen-bond donors (Lipinski definition) is 0. The zero-order valence-corrected chi connectivity index (χ0v) is 11.9. The monoisotopic (exact) mass is 278 g/mol. The van der Waals surface area contributed by atoms with E-state index in [1.54, 1.807) is 0 Å². The third kappa shape index (κ3) is 2.49. The summed E-state index contributed by atoms with van der Waals surface area (Å²) in [5, 5.41) is 6.20. The zero-order chi connectivity index (χ0) is 13.2. The standard InChI is InChI=1S/C15H19ClN2O/c1-2-18-15-6-4-3-5-12(15)14(17-18)9-11-10-19-8-7-13(11)16/h3-6,11,13H,2,7-10H2,1H3. The summed E-state index contributed by atoms with van der Waals surface area (Å²) in [6.45, 7) is 4.56. The van der Waals surface area contributed by atoms with Gasteiger partial charge in [-0.05, 0) is 25.8 Å². The minimum absolute atomic E-state index is 0.208. The van der Waals surface area contributed by atoms with Crippen LogP contribution in [0.4, 0.5) is 0 Å². The molecular weight excluding hydrogens is 260 g/mol. The molecule has 0 aliphatic carbocycles. The van der Waals surface area contributed by atoms with Gasteiger partial charge < -0.3 is 4.74 Å². The topological polar surface area (TPSA) is 27.1 Å². The molecule has 1 aliphatic heterocycles. The Morgan fingerprint density at radius 1 is 1.42 bits per heavy atom. The van der Waals surface area contributed by atoms with Crippen molar-refractivity contribution in [2.75, 3.05) is 13.2 Å². The fourth-order valence-electron chi connectivity index (χ4n) is 2.79. The van der Waals surface area contributed by atoms with Crippen molar-refractivity contribution in [3.05, 3.63) is 30.0 Å². The molecule has 2 aromatic rings. The summed E-state index contributed by atoms with van der Waals surface area (Å²) in [5.41, 5.74) is 2.36. The predicted octanol–water partition coefficient (Wildman–Crippen LogP) is 3.24. The molecule has 4 heteroatoms. The summed E-state index contributed by atoms with van der Waals surface area (Å²) < 4.78 is 7.62. The summed E-state index contributed by atoms with van der Waals surface area (Å²) in [5.74, 6) is 0.374. The molecule has 0 N–H and O–H groups in total. The number of alkyl halides is 1. The van der Waals surface area contributed by atoms with Crippen LogP contribution in [0.3, 0.4) is 0 Å². The molecule has 2 heterocycles. The Hall–Kier alpha value is -1.06. The number of rotatable bonds is 3. The third-order valence-electron chi connectivity index (χ3n) is 3.87. The Morgan fingerprint density at radius 3 is 3.05 bits per heavy atom. The molecular formula is C15H19ClN2O. The van der Waals surface area contributed by atoms with E-state index in [0.29, 0.717) is 5.92 Å². The number of ether oxygens (including phenoxy) is 1. The molecule has 102 valence electrons. The van der Waals surface area contributed by atoms with Crippen molar-refractivity contribution >= 4 is 22.5 Å². The molecule has 1 aromatic heterocycles. The van der Waals surface area contributed by atoms with Gasteiger partial charge >= 0.3 is 0 Å². The Bertz CT molecular complexity index is 566. The summed E-state index contributed by atoms with van der Waals surface area (Å²) >= 11 is 6.41. The van der Waals surface area contributed by atoms with Crippen molar-refractivity contribution < 1.29 is 4.74 Å². The van der Waals surface area contributed by atoms with E-state index in [1.165, 1.54) is 10.9 Å². The number of aryl methyl sites for hydroxylation is 1. The molecule has 3 nitrogen and oxygen atoms in total. The van der Waals surface area contributed by atoms with Gasteiger partial charge in [-0.15, -0.1) is 11.6 Å². The highest BCUT2D eigenvalue weighted by atomic mass is 35.5. The number of fused-ring (bicyclic) bond motifs is 1. The molecule has 0 spiro atoms. The summed E-state index contributed by atoms with van der Waals surface area (Å²) in [6, 6.07) is 8.42. The van der Waals surface area contributed by atoms with Gasteiger partial charge in [-0.25, -0.2) is 0 Å². The number of benzene rings is 1. The smallest absolute Gasteiger partial charge is 0.0707 e. The SMILES string of the molecule is CCn1nc(CC2COCCC2Cl)c2ccccc21. The molecule has 1 saturated heterocycles. The summed E-state index contributed by atoms with van der Waals surface area (Å²) in [4.78, 5) is 0. The molecule has 0 bridgehead atoms. The number of aromatic nitrogens is 2. The van der Waals surface area contributed by atoms with E-state index in [2.05, 4.69) is 35.9 Å². The first kappa shape index (κ1) is 12.9. The highest BCUT2D eigenvalue weighted by Gasteiger charge is 2.25. The third-order valence-corrected chi connectivity index (χ3v) is 4.45. The van der Waals surface area contributed by atoms with E-state index in [4.69, 9.17) is 21.4 Å². The first-order valence-corrected chi connectivity index (χ1v) is 7.39. The van der Waals surface area contributed by atoms with E-state index in [-0.39, 0.29) is 5.38 Å². The second-order valence-corrected chi connectivity index (χ2v) is 5.68. The lowest BCUT2D eigenvalue weighted by Crippen LogP contribution is -2.29. The van der Waals surface area contributed by atoms with Crippen LogP contribution < -0.4 is 0 Å². The van der Waals surface area contributed by atoms with Crippen molar-refractivity contribution in [1.82, 2.24) is 9.78 Å². The summed E-state index contributed by atoms with van der Waals surface area (Å²) in [7, 11) is 0. The van der Waals surface area contributed by atoms with Crippen LogP contribution in [0.1, 0.15) is 19.0 Å². The van der Waals surface area contributed by atoms with Crippen molar-refractivity contribution in [1.29, 1.82) is 0 Å². The van der Waals surface area contributed by atoms with Crippen LogP contribution >= 0.6 is 11.6 Å². The number of para-hydroxylation sites is 1. The summed E-state index contributed by atoms with van der Waals surface area (Å²) in [6.07, 6.45) is 1.85. The molecule has 0 saturated carbocycles.